The Balaban J connectivity index is 2.43. The monoisotopic (exact) mass is 242 g/mol. The number of benzene rings is 1. The van der Waals surface area contributed by atoms with Gasteiger partial charge in [0.25, 0.3) is 11.6 Å². The smallest absolute Gasteiger partial charge is 0.272 e. The predicted molar refractivity (Wildman–Crippen MR) is 58.1 cm³/mol. The molecule has 1 aliphatic carbocycles. The quantitative estimate of drug-likeness (QED) is 0.652. The van der Waals surface area contributed by atoms with Crippen LogP contribution >= 0.6 is 0 Å². The number of nitro groups is 1. The largest absolute Gasteiger partial charge is 0.329 e. The summed E-state index contributed by atoms with van der Waals surface area (Å²) in [6.45, 7) is 1.38. The molecule has 17 heavy (non-hydrogen) atoms. The van der Waals surface area contributed by atoms with Crippen molar-refractivity contribution in [1.82, 2.24) is 0 Å². The van der Waals surface area contributed by atoms with Crippen LogP contribution < -0.4 is 5.73 Å². The molecule has 6 heteroatoms. The van der Waals surface area contributed by atoms with Gasteiger partial charge in [-0.3, -0.25) is 10.1 Å². The van der Waals surface area contributed by atoms with Crippen LogP contribution in [0.4, 0.5) is 14.5 Å². The van der Waals surface area contributed by atoms with Crippen LogP contribution in [-0.2, 0) is 5.41 Å². The minimum atomic E-state index is -2.80. The van der Waals surface area contributed by atoms with E-state index in [1.54, 1.807) is 0 Å². The Labute approximate surface area is 96.6 Å². The number of hydrogen-bond acceptors (Lipinski definition) is 3. The third-order valence-electron chi connectivity index (χ3n) is 3.39. The summed E-state index contributed by atoms with van der Waals surface area (Å²) in [7, 11) is 0. The Morgan fingerprint density at radius 2 is 2.12 bits per heavy atom. The molecular weight excluding hydrogens is 230 g/mol. The van der Waals surface area contributed by atoms with Crippen molar-refractivity contribution in [3.63, 3.8) is 0 Å². The number of hydrogen-bond donors (Lipinski definition) is 1. The molecule has 0 amide bonds. The van der Waals surface area contributed by atoms with Crippen LogP contribution in [0.5, 0.6) is 0 Å². The Morgan fingerprint density at radius 1 is 1.53 bits per heavy atom. The lowest BCUT2D eigenvalue weighted by Crippen LogP contribution is -2.26. The molecule has 92 valence electrons. The second-order valence-electron chi connectivity index (χ2n) is 4.43. The molecule has 0 spiro atoms. The molecule has 1 saturated carbocycles. The van der Waals surface area contributed by atoms with Gasteiger partial charge >= 0.3 is 0 Å². The first-order valence-corrected chi connectivity index (χ1v) is 5.17. The van der Waals surface area contributed by atoms with Crippen molar-refractivity contribution in [1.29, 1.82) is 0 Å². The minimum absolute atomic E-state index is 0.0649. The van der Waals surface area contributed by atoms with Crippen LogP contribution in [0, 0.1) is 17.0 Å². The lowest BCUT2D eigenvalue weighted by molar-refractivity contribution is -0.385. The Bertz CT molecular complexity index is 490. The van der Waals surface area contributed by atoms with E-state index in [0.29, 0.717) is 11.1 Å². The number of nitrogens with zero attached hydrogens (tertiary/aromatic N) is 1. The van der Waals surface area contributed by atoms with Gasteiger partial charge in [-0.15, -0.1) is 0 Å². The maximum atomic E-state index is 13.3. The van der Waals surface area contributed by atoms with Crippen molar-refractivity contribution in [3.05, 3.63) is 39.4 Å². The molecule has 1 aliphatic rings. The van der Waals surface area contributed by atoms with E-state index in [1.807, 2.05) is 0 Å². The maximum absolute atomic E-state index is 13.3. The van der Waals surface area contributed by atoms with Crippen LogP contribution in [0.3, 0.4) is 0 Å². The topological polar surface area (TPSA) is 69.2 Å². The van der Waals surface area contributed by atoms with E-state index in [2.05, 4.69) is 0 Å². The van der Waals surface area contributed by atoms with Crippen LogP contribution in [0.1, 0.15) is 17.5 Å². The molecule has 4 nitrogen and oxygen atoms in total. The lowest BCUT2D eigenvalue weighted by Gasteiger charge is -2.14. The van der Waals surface area contributed by atoms with Gasteiger partial charge in [0, 0.05) is 24.6 Å². The van der Waals surface area contributed by atoms with Crippen molar-refractivity contribution in [2.75, 3.05) is 6.54 Å². The number of nitrogens with two attached hydrogens (primary N) is 1. The van der Waals surface area contributed by atoms with Crippen LogP contribution in [0.25, 0.3) is 0 Å². The van der Waals surface area contributed by atoms with Gasteiger partial charge in [0.1, 0.15) is 0 Å². The molecule has 0 bridgehead atoms. The molecule has 0 saturated heterocycles. The number of rotatable bonds is 3. The zero-order valence-corrected chi connectivity index (χ0v) is 9.24. The van der Waals surface area contributed by atoms with Crippen molar-refractivity contribution >= 4 is 5.69 Å². The molecular formula is C11H12F2N2O2. The van der Waals surface area contributed by atoms with E-state index < -0.39 is 16.3 Å². The molecule has 0 aromatic heterocycles. The summed E-state index contributed by atoms with van der Waals surface area (Å²) >= 11 is 0. The molecule has 1 fully saturated rings. The highest BCUT2D eigenvalue weighted by Gasteiger charge is 2.71. The average molecular weight is 242 g/mol. The Hall–Kier alpha value is -1.56. The Morgan fingerprint density at radius 3 is 2.47 bits per heavy atom. The first kappa shape index (κ1) is 11.9. The lowest BCUT2D eigenvalue weighted by atomic mass is 9.93. The van der Waals surface area contributed by atoms with Crippen molar-refractivity contribution in [3.8, 4) is 0 Å². The molecule has 1 unspecified atom stereocenters. The van der Waals surface area contributed by atoms with Gasteiger partial charge in [-0.05, 0) is 18.6 Å². The minimum Gasteiger partial charge on any atom is -0.329 e. The van der Waals surface area contributed by atoms with Gasteiger partial charge in [-0.2, -0.15) is 0 Å². The van der Waals surface area contributed by atoms with E-state index in [1.165, 1.54) is 25.1 Å². The van der Waals surface area contributed by atoms with Crippen LogP contribution in [0.2, 0.25) is 0 Å². The van der Waals surface area contributed by atoms with Crippen molar-refractivity contribution < 1.29 is 13.7 Å². The van der Waals surface area contributed by atoms with Gasteiger partial charge in [0.15, 0.2) is 0 Å². The van der Waals surface area contributed by atoms with Crippen molar-refractivity contribution in [2.45, 2.75) is 24.7 Å². The fourth-order valence-electron chi connectivity index (χ4n) is 2.15. The highest BCUT2D eigenvalue weighted by molar-refractivity contribution is 5.48. The second kappa shape index (κ2) is 3.46. The molecule has 1 atom stereocenters. The summed E-state index contributed by atoms with van der Waals surface area (Å²) in [6, 6.07) is 4.07. The second-order valence-corrected chi connectivity index (χ2v) is 4.43. The van der Waals surface area contributed by atoms with E-state index in [0.717, 1.165) is 0 Å². The normalized spacial score (nSPS) is 25.6. The first-order chi connectivity index (χ1) is 7.84. The molecule has 2 rings (SSSR count). The van der Waals surface area contributed by atoms with Crippen molar-refractivity contribution in [2.24, 2.45) is 5.73 Å². The molecule has 0 radical (unpaired) electrons. The first-order valence-electron chi connectivity index (χ1n) is 5.17. The fourth-order valence-corrected chi connectivity index (χ4v) is 2.15. The van der Waals surface area contributed by atoms with E-state index >= 15 is 0 Å². The summed E-state index contributed by atoms with van der Waals surface area (Å²) < 4.78 is 26.6. The zero-order valence-electron chi connectivity index (χ0n) is 9.24. The highest BCUT2D eigenvalue weighted by Crippen LogP contribution is 2.61. The molecule has 1 aromatic rings. The fraction of sp³-hybridized carbons (Fsp3) is 0.455. The molecule has 1 aromatic carbocycles. The van der Waals surface area contributed by atoms with Gasteiger partial charge in [0.05, 0.1) is 10.3 Å². The van der Waals surface area contributed by atoms with E-state index in [-0.39, 0.29) is 18.7 Å². The predicted octanol–water partition coefficient (Wildman–Crippen LogP) is 2.14. The molecule has 0 heterocycles. The zero-order chi connectivity index (χ0) is 12.8. The maximum Gasteiger partial charge on any atom is 0.272 e. The standard InChI is InChI=1S/C11H12F2N2O2/c1-7-4-8(2-3-9(7)15(16)17)10(6-14)5-11(10,12)13/h2-4H,5-6,14H2,1H3. The average Bonchev–Trinajstić information content (AvgIpc) is 2.81. The third kappa shape index (κ3) is 1.59. The van der Waals surface area contributed by atoms with Gasteiger partial charge in [-0.25, -0.2) is 8.78 Å². The molecule has 0 aliphatic heterocycles. The molecule has 2 N–H and O–H groups in total. The van der Waals surface area contributed by atoms with E-state index in [9.17, 15) is 18.9 Å². The third-order valence-corrected chi connectivity index (χ3v) is 3.39. The van der Waals surface area contributed by atoms with Crippen LogP contribution in [-0.4, -0.2) is 17.4 Å². The van der Waals surface area contributed by atoms with Gasteiger partial charge in [0.2, 0.25) is 0 Å². The summed E-state index contributed by atoms with van der Waals surface area (Å²) in [4.78, 5) is 10.1. The summed E-state index contributed by atoms with van der Waals surface area (Å²) in [5, 5.41) is 10.6. The number of halogens is 2. The Kier molecular flexibility index (Phi) is 2.43. The summed E-state index contributed by atoms with van der Waals surface area (Å²) in [5.74, 6) is -2.80. The SMILES string of the molecule is Cc1cc(C2(CN)CC2(F)F)ccc1[N+](=O)[O-]. The number of aryl methyl sites for hydroxylation is 1. The van der Waals surface area contributed by atoms with Gasteiger partial charge in [-0.1, -0.05) is 6.07 Å². The summed E-state index contributed by atoms with van der Waals surface area (Å²) in [6.07, 6.45) is -0.284. The van der Waals surface area contributed by atoms with Crippen LogP contribution in [0.15, 0.2) is 18.2 Å². The number of nitro benzene ring substituents is 1. The number of alkyl halides is 2. The van der Waals surface area contributed by atoms with E-state index in [4.69, 9.17) is 5.73 Å². The van der Waals surface area contributed by atoms with Gasteiger partial charge < -0.3 is 5.73 Å². The highest BCUT2D eigenvalue weighted by atomic mass is 19.3. The summed E-state index contributed by atoms with van der Waals surface area (Å²) in [5.41, 5.74) is 4.78.